The van der Waals surface area contributed by atoms with Gasteiger partial charge in [0.2, 0.25) is 0 Å². The lowest BCUT2D eigenvalue weighted by atomic mass is 10.2. The molecule has 0 fully saturated rings. The number of unbranched alkanes of at least 4 members (excludes halogenated alkanes) is 2. The van der Waals surface area contributed by atoms with Crippen molar-refractivity contribution in [1.29, 1.82) is 0 Å². The van der Waals surface area contributed by atoms with Crippen LogP contribution in [0.15, 0.2) is 10.7 Å². The van der Waals surface area contributed by atoms with Crippen molar-refractivity contribution in [2.24, 2.45) is 0 Å². The van der Waals surface area contributed by atoms with Gasteiger partial charge in [-0.15, -0.1) is 0 Å². The summed E-state index contributed by atoms with van der Waals surface area (Å²) < 4.78 is 0.256. The van der Waals surface area contributed by atoms with Crippen LogP contribution in [0.4, 0.5) is 0 Å². The molecule has 48 valence electrons. The van der Waals surface area contributed by atoms with E-state index in [0.29, 0.717) is 0 Å². The minimum absolute atomic E-state index is 0.256. The molecule has 2 heteroatoms. The maximum atomic E-state index is 8.56. The Balaban J connectivity index is 3.03. The van der Waals surface area contributed by atoms with Crippen LogP contribution in [0, 0.1) is 0 Å². The molecule has 0 aliphatic heterocycles. The molecule has 0 aliphatic carbocycles. The lowest BCUT2D eigenvalue weighted by Crippen LogP contribution is -1.68. The summed E-state index contributed by atoms with van der Waals surface area (Å²) in [6.45, 7) is 2.12. The summed E-state index contributed by atoms with van der Waals surface area (Å²) in [5.74, 6) is 0. The molecule has 0 aromatic rings. The van der Waals surface area contributed by atoms with Crippen LogP contribution in [-0.2, 0) is 0 Å². The average Bonchev–Trinajstić information content (AvgIpc) is 1.66. The van der Waals surface area contributed by atoms with E-state index in [4.69, 9.17) is 5.11 Å². The largest absolute Gasteiger partial charge is 0.502 e. The zero-order valence-electron chi connectivity index (χ0n) is 5.02. The molecule has 0 heterocycles. The molecule has 0 bridgehead atoms. The summed E-state index contributed by atoms with van der Waals surface area (Å²) in [7, 11) is 0. The summed E-state index contributed by atoms with van der Waals surface area (Å²) in [6, 6.07) is 0. The van der Waals surface area contributed by atoms with Crippen molar-refractivity contribution >= 4 is 15.9 Å². The molecule has 8 heavy (non-hydrogen) atoms. The van der Waals surface area contributed by atoms with E-state index in [-0.39, 0.29) is 4.67 Å². The monoisotopic (exact) mass is 178 g/mol. The Labute approximate surface area is 58.5 Å². The Bertz CT molecular complexity index is 74.6. The number of hydrogen-bond acceptors (Lipinski definition) is 1. The van der Waals surface area contributed by atoms with Gasteiger partial charge in [-0.25, -0.2) is 0 Å². The van der Waals surface area contributed by atoms with Crippen LogP contribution >= 0.6 is 15.9 Å². The molecule has 0 amide bonds. The van der Waals surface area contributed by atoms with Crippen LogP contribution in [-0.4, -0.2) is 5.11 Å². The second-order valence-corrected chi connectivity index (χ2v) is 2.48. The number of rotatable bonds is 3. The van der Waals surface area contributed by atoms with E-state index >= 15 is 0 Å². The van der Waals surface area contributed by atoms with E-state index in [1.165, 1.54) is 6.42 Å². The molecule has 0 spiro atoms. The highest BCUT2D eigenvalue weighted by molar-refractivity contribution is 9.11. The van der Waals surface area contributed by atoms with Crippen molar-refractivity contribution in [1.82, 2.24) is 0 Å². The third-order valence-electron chi connectivity index (χ3n) is 0.870. The third-order valence-corrected chi connectivity index (χ3v) is 1.19. The average molecular weight is 179 g/mol. The van der Waals surface area contributed by atoms with Gasteiger partial charge in [0.1, 0.15) is 0 Å². The van der Waals surface area contributed by atoms with Crippen LogP contribution in [0.3, 0.4) is 0 Å². The molecule has 1 nitrogen and oxygen atoms in total. The van der Waals surface area contributed by atoms with Crippen molar-refractivity contribution in [2.45, 2.75) is 26.2 Å². The normalized spacial score (nSPS) is 12.0. The van der Waals surface area contributed by atoms with Gasteiger partial charge in [-0.2, -0.15) is 0 Å². The van der Waals surface area contributed by atoms with Crippen LogP contribution in [0.25, 0.3) is 0 Å². The van der Waals surface area contributed by atoms with Gasteiger partial charge in [0.15, 0.2) is 4.67 Å². The highest BCUT2D eigenvalue weighted by Crippen LogP contribution is 2.03. The number of allylic oxidation sites excluding steroid dienone is 1. The lowest BCUT2D eigenvalue weighted by Gasteiger charge is -1.87. The second kappa shape index (κ2) is 5.16. The van der Waals surface area contributed by atoms with E-state index in [9.17, 15) is 0 Å². The van der Waals surface area contributed by atoms with Gasteiger partial charge in [-0.05, 0) is 34.8 Å². The maximum Gasteiger partial charge on any atom is 0.154 e. The number of halogens is 1. The maximum absolute atomic E-state index is 8.56. The molecule has 0 rings (SSSR count). The minimum atomic E-state index is 0.256. The fourth-order valence-electron chi connectivity index (χ4n) is 0.425. The molecular formula is C6H11BrO. The predicted molar refractivity (Wildman–Crippen MR) is 39.2 cm³/mol. The summed E-state index contributed by atoms with van der Waals surface area (Å²) in [5, 5.41) is 8.56. The smallest absolute Gasteiger partial charge is 0.154 e. The summed E-state index contributed by atoms with van der Waals surface area (Å²) in [6.07, 6.45) is 5.06. The summed E-state index contributed by atoms with van der Waals surface area (Å²) in [4.78, 5) is 0. The van der Waals surface area contributed by atoms with Gasteiger partial charge >= 0.3 is 0 Å². The van der Waals surface area contributed by atoms with Crippen molar-refractivity contribution in [3.05, 3.63) is 10.7 Å². The zero-order valence-corrected chi connectivity index (χ0v) is 6.61. The first kappa shape index (κ1) is 8.02. The minimum Gasteiger partial charge on any atom is -0.502 e. The number of aliphatic hydroxyl groups excluding tert-OH is 1. The van der Waals surface area contributed by atoms with Crippen LogP contribution in [0.1, 0.15) is 26.2 Å². The Kier molecular flexibility index (Phi) is 5.18. The Morgan fingerprint density at radius 3 is 2.75 bits per heavy atom. The second-order valence-electron chi connectivity index (χ2n) is 1.67. The quantitative estimate of drug-likeness (QED) is 0.521. The third kappa shape index (κ3) is 6.02. The van der Waals surface area contributed by atoms with Crippen molar-refractivity contribution in [2.75, 3.05) is 0 Å². The molecular weight excluding hydrogens is 168 g/mol. The summed E-state index contributed by atoms with van der Waals surface area (Å²) in [5.41, 5.74) is 0. The van der Waals surface area contributed by atoms with Crippen LogP contribution in [0.2, 0.25) is 0 Å². The van der Waals surface area contributed by atoms with Gasteiger partial charge in [0.25, 0.3) is 0 Å². The SMILES string of the molecule is CCCCC=C(O)Br. The van der Waals surface area contributed by atoms with E-state index in [0.717, 1.165) is 12.8 Å². The molecule has 0 atom stereocenters. The van der Waals surface area contributed by atoms with Gasteiger partial charge < -0.3 is 5.11 Å². The molecule has 0 radical (unpaired) electrons. The highest BCUT2D eigenvalue weighted by Gasteiger charge is 1.81. The van der Waals surface area contributed by atoms with E-state index in [1.807, 2.05) is 0 Å². The van der Waals surface area contributed by atoms with Gasteiger partial charge in [0.05, 0.1) is 0 Å². The zero-order chi connectivity index (χ0) is 6.41. The lowest BCUT2D eigenvalue weighted by molar-refractivity contribution is 0.457. The van der Waals surface area contributed by atoms with E-state index < -0.39 is 0 Å². The first-order valence-electron chi connectivity index (χ1n) is 2.82. The van der Waals surface area contributed by atoms with E-state index in [1.54, 1.807) is 6.08 Å². The molecule has 0 unspecified atom stereocenters. The van der Waals surface area contributed by atoms with Crippen LogP contribution in [0.5, 0.6) is 0 Å². The topological polar surface area (TPSA) is 20.2 Å². The van der Waals surface area contributed by atoms with Gasteiger partial charge in [0, 0.05) is 0 Å². The molecule has 1 N–H and O–H groups in total. The highest BCUT2D eigenvalue weighted by atomic mass is 79.9. The Morgan fingerprint density at radius 2 is 2.38 bits per heavy atom. The van der Waals surface area contributed by atoms with Gasteiger partial charge in [-0.3, -0.25) is 0 Å². The fraction of sp³-hybridized carbons (Fsp3) is 0.667. The molecule has 0 aliphatic rings. The van der Waals surface area contributed by atoms with E-state index in [2.05, 4.69) is 22.9 Å². The Hall–Kier alpha value is 0.0200. The standard InChI is InChI=1S/C6H11BrO/c1-2-3-4-5-6(7)8/h5,8H,2-4H2,1H3. The number of hydrogen-bond donors (Lipinski definition) is 1. The fourth-order valence-corrected chi connectivity index (χ4v) is 0.654. The summed E-state index contributed by atoms with van der Waals surface area (Å²) >= 11 is 2.92. The van der Waals surface area contributed by atoms with Crippen molar-refractivity contribution in [3.63, 3.8) is 0 Å². The molecule has 0 saturated heterocycles. The van der Waals surface area contributed by atoms with Crippen molar-refractivity contribution in [3.8, 4) is 0 Å². The molecule has 0 aromatic carbocycles. The molecule has 0 saturated carbocycles. The first-order chi connectivity index (χ1) is 3.77. The van der Waals surface area contributed by atoms with Gasteiger partial charge in [-0.1, -0.05) is 13.3 Å². The predicted octanol–water partition coefficient (Wildman–Crippen LogP) is 2.97. The number of aliphatic hydroxyl groups is 1. The van der Waals surface area contributed by atoms with Crippen LogP contribution < -0.4 is 0 Å². The first-order valence-corrected chi connectivity index (χ1v) is 3.61. The Morgan fingerprint density at radius 1 is 1.75 bits per heavy atom. The molecule has 0 aromatic heterocycles. The van der Waals surface area contributed by atoms with Crippen molar-refractivity contribution < 1.29 is 5.11 Å².